The second kappa shape index (κ2) is 7.33. The molecule has 25 heavy (non-hydrogen) atoms. The van der Waals surface area contributed by atoms with Gasteiger partial charge in [0.25, 0.3) is 10.0 Å². The third kappa shape index (κ3) is 4.44. The van der Waals surface area contributed by atoms with Crippen LogP contribution in [0.3, 0.4) is 0 Å². The van der Waals surface area contributed by atoms with Crippen molar-refractivity contribution in [1.29, 1.82) is 0 Å². The predicted molar refractivity (Wildman–Crippen MR) is 104 cm³/mol. The summed E-state index contributed by atoms with van der Waals surface area (Å²) < 4.78 is 28.0. The molecule has 128 valence electrons. The molecule has 0 aromatic heterocycles. The normalized spacial score (nSPS) is 11.3. The van der Waals surface area contributed by atoms with Crippen molar-refractivity contribution in [2.75, 3.05) is 4.72 Å². The first-order valence-electron chi connectivity index (χ1n) is 7.87. The van der Waals surface area contributed by atoms with E-state index in [9.17, 15) is 8.42 Å². The molecular weight excluding hydrogens is 350 g/mol. The molecule has 0 heterocycles. The summed E-state index contributed by atoms with van der Waals surface area (Å²) in [5, 5.41) is 0. The molecule has 0 spiro atoms. The first kappa shape index (κ1) is 17.6. The number of aryl methyl sites for hydroxylation is 2. The van der Waals surface area contributed by atoms with Crippen molar-refractivity contribution in [3.63, 3.8) is 0 Å². The minimum Gasteiger partial charge on any atom is -0.278 e. The fraction of sp³-hybridized carbons (Fsp3) is 0.100. The quantitative estimate of drug-likeness (QED) is 0.668. The van der Waals surface area contributed by atoms with Crippen LogP contribution in [0.4, 0.5) is 5.69 Å². The Morgan fingerprint density at radius 1 is 0.760 bits per heavy atom. The summed E-state index contributed by atoms with van der Waals surface area (Å²) in [4.78, 5) is 2.18. The van der Waals surface area contributed by atoms with Gasteiger partial charge in [-0.15, -0.1) is 0 Å². The molecule has 0 aliphatic rings. The fourth-order valence-electron chi connectivity index (χ4n) is 2.29. The van der Waals surface area contributed by atoms with Crippen LogP contribution >= 0.6 is 11.8 Å². The van der Waals surface area contributed by atoms with Crippen LogP contribution in [0.5, 0.6) is 0 Å². The zero-order valence-corrected chi connectivity index (χ0v) is 15.7. The van der Waals surface area contributed by atoms with Gasteiger partial charge in [0.05, 0.1) is 10.6 Å². The number of para-hydroxylation sites is 1. The van der Waals surface area contributed by atoms with Crippen molar-refractivity contribution in [2.45, 2.75) is 28.5 Å². The Bertz CT molecular complexity index is 963. The van der Waals surface area contributed by atoms with Gasteiger partial charge < -0.3 is 0 Å². The lowest BCUT2D eigenvalue weighted by Gasteiger charge is -2.12. The van der Waals surface area contributed by atoms with Gasteiger partial charge in [0.1, 0.15) is 0 Å². The van der Waals surface area contributed by atoms with E-state index in [1.807, 2.05) is 56.3 Å². The van der Waals surface area contributed by atoms with Gasteiger partial charge in [-0.3, -0.25) is 4.72 Å². The van der Waals surface area contributed by atoms with E-state index < -0.39 is 10.0 Å². The van der Waals surface area contributed by atoms with Crippen LogP contribution in [0.25, 0.3) is 0 Å². The van der Waals surface area contributed by atoms with Crippen LogP contribution in [0, 0.1) is 13.8 Å². The Hall–Kier alpha value is -2.24. The highest BCUT2D eigenvalue weighted by Gasteiger charge is 2.16. The van der Waals surface area contributed by atoms with Gasteiger partial charge in [0.15, 0.2) is 0 Å². The number of sulfonamides is 1. The van der Waals surface area contributed by atoms with Gasteiger partial charge in [-0.1, -0.05) is 59.3 Å². The van der Waals surface area contributed by atoms with E-state index in [0.29, 0.717) is 5.69 Å². The van der Waals surface area contributed by atoms with Gasteiger partial charge in [-0.25, -0.2) is 8.42 Å². The molecule has 3 aromatic carbocycles. The van der Waals surface area contributed by atoms with Gasteiger partial charge in [0.2, 0.25) is 0 Å². The predicted octanol–water partition coefficient (Wildman–Crippen LogP) is 5.26. The Morgan fingerprint density at radius 2 is 1.32 bits per heavy atom. The second-order valence-corrected chi connectivity index (χ2v) is 8.63. The third-order valence-corrected chi connectivity index (χ3v) is 6.18. The highest BCUT2D eigenvalue weighted by molar-refractivity contribution is 7.99. The molecule has 0 saturated heterocycles. The minimum absolute atomic E-state index is 0.258. The van der Waals surface area contributed by atoms with E-state index in [1.54, 1.807) is 30.3 Å². The van der Waals surface area contributed by atoms with E-state index in [2.05, 4.69) is 4.72 Å². The Kier molecular flexibility index (Phi) is 5.16. The first-order chi connectivity index (χ1) is 11.9. The number of rotatable bonds is 5. The largest absolute Gasteiger partial charge is 0.278 e. The summed E-state index contributed by atoms with van der Waals surface area (Å²) in [7, 11) is -3.61. The molecule has 0 bridgehead atoms. The van der Waals surface area contributed by atoms with E-state index in [1.165, 1.54) is 17.3 Å². The molecule has 0 aliphatic carbocycles. The minimum atomic E-state index is -3.61. The summed E-state index contributed by atoms with van der Waals surface area (Å²) in [6.07, 6.45) is 0. The Balaban J connectivity index is 1.87. The molecule has 1 N–H and O–H groups in total. The molecule has 3 nitrogen and oxygen atoms in total. The smallest absolute Gasteiger partial charge is 0.261 e. The van der Waals surface area contributed by atoms with Gasteiger partial charge in [0, 0.05) is 9.79 Å². The first-order valence-corrected chi connectivity index (χ1v) is 10.2. The SMILES string of the molecule is Cc1ccc(Sc2ccccc2NS(=O)(=O)c2ccc(C)cc2)cc1. The third-order valence-electron chi connectivity index (χ3n) is 3.71. The number of benzene rings is 3. The van der Waals surface area contributed by atoms with Crippen molar-refractivity contribution in [3.8, 4) is 0 Å². The lowest BCUT2D eigenvalue weighted by Crippen LogP contribution is -2.13. The number of hydrogen-bond donors (Lipinski definition) is 1. The average molecular weight is 370 g/mol. The summed E-state index contributed by atoms with van der Waals surface area (Å²) in [5.74, 6) is 0. The summed E-state index contributed by atoms with van der Waals surface area (Å²) >= 11 is 1.53. The van der Waals surface area contributed by atoms with E-state index in [0.717, 1.165) is 15.4 Å². The number of hydrogen-bond acceptors (Lipinski definition) is 3. The molecule has 0 unspecified atom stereocenters. The summed E-state index contributed by atoms with van der Waals surface area (Å²) in [6, 6.07) is 22.4. The molecule has 0 aliphatic heterocycles. The van der Waals surface area contributed by atoms with Crippen molar-refractivity contribution >= 4 is 27.5 Å². The zero-order valence-electron chi connectivity index (χ0n) is 14.1. The average Bonchev–Trinajstić information content (AvgIpc) is 2.59. The number of nitrogens with one attached hydrogen (secondary N) is 1. The lowest BCUT2D eigenvalue weighted by molar-refractivity contribution is 0.601. The van der Waals surface area contributed by atoms with E-state index in [4.69, 9.17) is 0 Å². The summed E-state index contributed by atoms with van der Waals surface area (Å²) in [6.45, 7) is 3.97. The Morgan fingerprint density at radius 3 is 1.96 bits per heavy atom. The highest BCUT2D eigenvalue weighted by atomic mass is 32.2. The topological polar surface area (TPSA) is 46.2 Å². The molecule has 5 heteroatoms. The fourth-order valence-corrected chi connectivity index (χ4v) is 4.34. The van der Waals surface area contributed by atoms with Crippen LogP contribution in [-0.2, 0) is 10.0 Å². The monoisotopic (exact) mass is 369 g/mol. The van der Waals surface area contributed by atoms with Crippen LogP contribution in [0.15, 0.2) is 87.5 Å². The molecule has 0 atom stereocenters. The maximum absolute atomic E-state index is 12.6. The molecule has 3 rings (SSSR count). The summed E-state index contributed by atoms with van der Waals surface area (Å²) in [5.41, 5.74) is 2.79. The van der Waals surface area contributed by atoms with E-state index in [-0.39, 0.29) is 4.90 Å². The van der Waals surface area contributed by atoms with Gasteiger partial charge >= 0.3 is 0 Å². The molecule has 0 saturated carbocycles. The maximum Gasteiger partial charge on any atom is 0.261 e. The van der Waals surface area contributed by atoms with Crippen LogP contribution in [-0.4, -0.2) is 8.42 Å². The molecule has 0 fully saturated rings. The molecule has 0 amide bonds. The van der Waals surface area contributed by atoms with Crippen LogP contribution in [0.2, 0.25) is 0 Å². The molecular formula is C20H19NO2S2. The van der Waals surface area contributed by atoms with E-state index >= 15 is 0 Å². The van der Waals surface area contributed by atoms with Crippen LogP contribution < -0.4 is 4.72 Å². The zero-order chi connectivity index (χ0) is 17.9. The molecule has 0 radical (unpaired) electrons. The molecule has 3 aromatic rings. The van der Waals surface area contributed by atoms with Gasteiger partial charge in [-0.2, -0.15) is 0 Å². The second-order valence-electron chi connectivity index (χ2n) is 5.83. The van der Waals surface area contributed by atoms with Crippen molar-refractivity contribution in [3.05, 3.63) is 83.9 Å². The lowest BCUT2D eigenvalue weighted by atomic mass is 10.2. The van der Waals surface area contributed by atoms with Crippen LogP contribution in [0.1, 0.15) is 11.1 Å². The Labute approximate surface area is 153 Å². The van der Waals surface area contributed by atoms with Crippen molar-refractivity contribution in [2.24, 2.45) is 0 Å². The van der Waals surface area contributed by atoms with Crippen molar-refractivity contribution < 1.29 is 8.42 Å². The van der Waals surface area contributed by atoms with Crippen molar-refractivity contribution in [1.82, 2.24) is 0 Å². The highest BCUT2D eigenvalue weighted by Crippen LogP contribution is 2.34. The maximum atomic E-state index is 12.6. The van der Waals surface area contributed by atoms with Gasteiger partial charge in [-0.05, 0) is 50.2 Å². The number of anilines is 1. The standard InChI is InChI=1S/C20H19NO2S2/c1-15-7-11-17(12-8-15)24-20-6-4-3-5-19(20)21-25(22,23)18-13-9-16(2)10-14-18/h3-14,21H,1-2H3.